The van der Waals surface area contributed by atoms with E-state index in [1.54, 1.807) is 30.3 Å². The van der Waals surface area contributed by atoms with Crippen molar-refractivity contribution in [2.75, 3.05) is 5.32 Å². The monoisotopic (exact) mass is 359 g/mol. The zero-order valence-electron chi connectivity index (χ0n) is 11.1. The van der Waals surface area contributed by atoms with E-state index in [0.29, 0.717) is 20.8 Å². The second-order valence-electron chi connectivity index (χ2n) is 4.33. The summed E-state index contributed by atoms with van der Waals surface area (Å²) in [5.41, 5.74) is 0.551. The molecule has 1 atom stereocenters. The van der Waals surface area contributed by atoms with Crippen LogP contribution in [0.4, 0.5) is 5.69 Å². The van der Waals surface area contributed by atoms with Gasteiger partial charge in [0.05, 0.1) is 16.0 Å². The Morgan fingerprint density at radius 3 is 2.29 bits per heavy atom. The number of amides is 1. The van der Waals surface area contributed by atoms with Gasteiger partial charge in [-0.05, 0) is 49.4 Å². The van der Waals surface area contributed by atoms with Crippen LogP contribution >= 0.6 is 46.6 Å². The molecule has 6 heteroatoms. The maximum atomic E-state index is 12.2. The van der Waals surface area contributed by atoms with Crippen molar-refractivity contribution in [3.63, 3.8) is 0 Å². The minimum atomic E-state index is -0.266. The Morgan fingerprint density at radius 1 is 1.05 bits per heavy atom. The number of benzene rings is 2. The molecule has 1 N–H and O–H groups in total. The summed E-state index contributed by atoms with van der Waals surface area (Å²) in [6.07, 6.45) is 0. The van der Waals surface area contributed by atoms with Crippen LogP contribution in [0.2, 0.25) is 15.1 Å². The Kier molecular flexibility index (Phi) is 5.82. The van der Waals surface area contributed by atoms with Crippen LogP contribution in [0.5, 0.6) is 0 Å². The predicted molar refractivity (Wildman–Crippen MR) is 91.9 cm³/mol. The summed E-state index contributed by atoms with van der Waals surface area (Å²) in [5, 5.41) is 4.14. The van der Waals surface area contributed by atoms with E-state index >= 15 is 0 Å². The summed E-state index contributed by atoms with van der Waals surface area (Å²) in [7, 11) is 0. The molecule has 0 saturated heterocycles. The number of thioether (sulfide) groups is 1. The number of rotatable bonds is 4. The second kappa shape index (κ2) is 7.41. The van der Waals surface area contributed by atoms with Crippen molar-refractivity contribution in [1.82, 2.24) is 0 Å². The molecule has 0 saturated carbocycles. The maximum absolute atomic E-state index is 12.2. The van der Waals surface area contributed by atoms with E-state index in [9.17, 15) is 4.79 Å². The number of hydrogen-bond donors (Lipinski definition) is 1. The van der Waals surface area contributed by atoms with E-state index in [1.807, 2.05) is 19.1 Å². The van der Waals surface area contributed by atoms with Crippen molar-refractivity contribution in [3.05, 3.63) is 57.5 Å². The van der Waals surface area contributed by atoms with Crippen LogP contribution in [0.1, 0.15) is 6.92 Å². The summed E-state index contributed by atoms with van der Waals surface area (Å²) in [5.74, 6) is -0.126. The molecule has 0 fully saturated rings. The van der Waals surface area contributed by atoms with E-state index in [4.69, 9.17) is 34.8 Å². The molecule has 0 spiro atoms. The molecular formula is C15H12Cl3NOS. The summed E-state index contributed by atoms with van der Waals surface area (Å²) in [6, 6.07) is 12.3. The highest BCUT2D eigenvalue weighted by Gasteiger charge is 2.15. The Labute approximate surface area is 142 Å². The van der Waals surface area contributed by atoms with Crippen molar-refractivity contribution >= 4 is 58.2 Å². The normalized spacial score (nSPS) is 12.0. The van der Waals surface area contributed by atoms with Crippen LogP contribution in [0.25, 0.3) is 0 Å². The van der Waals surface area contributed by atoms with Crippen molar-refractivity contribution < 1.29 is 4.79 Å². The fraction of sp³-hybridized carbons (Fsp3) is 0.133. The molecule has 0 radical (unpaired) electrons. The molecule has 0 aliphatic carbocycles. The molecule has 0 aliphatic heterocycles. The first-order chi connectivity index (χ1) is 9.95. The van der Waals surface area contributed by atoms with E-state index in [0.717, 1.165) is 4.90 Å². The number of anilines is 1. The molecule has 0 aliphatic rings. The van der Waals surface area contributed by atoms with E-state index in [2.05, 4.69) is 5.32 Å². The van der Waals surface area contributed by atoms with Gasteiger partial charge in [0.1, 0.15) is 0 Å². The summed E-state index contributed by atoms with van der Waals surface area (Å²) >= 11 is 19.1. The van der Waals surface area contributed by atoms with Gasteiger partial charge in [0.15, 0.2) is 0 Å². The van der Waals surface area contributed by atoms with Crippen LogP contribution in [0.3, 0.4) is 0 Å². The molecule has 0 heterocycles. The second-order valence-corrected chi connectivity index (χ2v) is 7.02. The van der Waals surface area contributed by atoms with Gasteiger partial charge in [0.2, 0.25) is 5.91 Å². The highest BCUT2D eigenvalue weighted by molar-refractivity contribution is 8.00. The molecule has 0 aromatic heterocycles. The average molecular weight is 361 g/mol. The molecule has 1 amide bonds. The van der Waals surface area contributed by atoms with Crippen LogP contribution in [-0.2, 0) is 4.79 Å². The highest BCUT2D eigenvalue weighted by atomic mass is 35.5. The van der Waals surface area contributed by atoms with Gasteiger partial charge in [-0.2, -0.15) is 0 Å². The number of nitrogens with one attached hydrogen (secondary N) is 1. The molecule has 2 nitrogen and oxygen atoms in total. The van der Waals surface area contributed by atoms with Crippen molar-refractivity contribution in [3.8, 4) is 0 Å². The third-order valence-electron chi connectivity index (χ3n) is 2.68. The summed E-state index contributed by atoms with van der Waals surface area (Å²) in [4.78, 5) is 13.1. The quantitative estimate of drug-likeness (QED) is 0.702. The highest BCUT2D eigenvalue weighted by Crippen LogP contribution is 2.28. The fourth-order valence-electron chi connectivity index (χ4n) is 1.60. The minimum Gasteiger partial charge on any atom is -0.324 e. The van der Waals surface area contributed by atoms with Crippen molar-refractivity contribution in [1.29, 1.82) is 0 Å². The topological polar surface area (TPSA) is 29.1 Å². The SMILES string of the molecule is C[C@H](Sc1ccc(Cl)cc1)C(=O)Nc1ccc(Cl)cc1Cl. The van der Waals surface area contributed by atoms with Crippen LogP contribution in [-0.4, -0.2) is 11.2 Å². The largest absolute Gasteiger partial charge is 0.324 e. The van der Waals surface area contributed by atoms with E-state index < -0.39 is 0 Å². The lowest BCUT2D eigenvalue weighted by Gasteiger charge is -2.13. The Hall–Kier alpha value is -0.870. The van der Waals surface area contributed by atoms with Gasteiger partial charge in [-0.15, -0.1) is 11.8 Å². The molecule has 0 unspecified atom stereocenters. The molecule has 21 heavy (non-hydrogen) atoms. The Morgan fingerprint density at radius 2 is 1.67 bits per heavy atom. The smallest absolute Gasteiger partial charge is 0.237 e. The number of hydrogen-bond acceptors (Lipinski definition) is 2. The minimum absolute atomic E-state index is 0.126. The molecule has 2 rings (SSSR count). The third kappa shape index (κ3) is 4.82. The fourth-order valence-corrected chi connectivity index (χ4v) is 3.05. The van der Waals surface area contributed by atoms with E-state index in [-0.39, 0.29) is 11.2 Å². The van der Waals surface area contributed by atoms with Gasteiger partial charge in [-0.25, -0.2) is 0 Å². The van der Waals surface area contributed by atoms with Crippen LogP contribution < -0.4 is 5.32 Å². The molecule has 2 aromatic rings. The van der Waals surface area contributed by atoms with E-state index in [1.165, 1.54) is 11.8 Å². The number of carbonyl (C=O) groups excluding carboxylic acids is 1. The Balaban J connectivity index is 2.00. The van der Waals surface area contributed by atoms with Crippen molar-refractivity contribution in [2.24, 2.45) is 0 Å². The number of halogens is 3. The maximum Gasteiger partial charge on any atom is 0.237 e. The summed E-state index contributed by atoms with van der Waals surface area (Å²) in [6.45, 7) is 1.83. The van der Waals surface area contributed by atoms with Gasteiger partial charge >= 0.3 is 0 Å². The van der Waals surface area contributed by atoms with Gasteiger partial charge in [-0.3, -0.25) is 4.79 Å². The molecular weight excluding hydrogens is 349 g/mol. The predicted octanol–water partition coefficient (Wildman–Crippen LogP) is 5.77. The van der Waals surface area contributed by atoms with Gasteiger partial charge < -0.3 is 5.32 Å². The lowest BCUT2D eigenvalue weighted by atomic mass is 10.3. The standard InChI is InChI=1S/C15H12Cl3NOS/c1-9(21-12-5-2-10(16)3-6-12)15(20)19-14-7-4-11(17)8-13(14)18/h2-9H,1H3,(H,19,20)/t9-/m0/s1. The zero-order chi connectivity index (χ0) is 15.4. The van der Waals surface area contributed by atoms with Gasteiger partial charge in [-0.1, -0.05) is 34.8 Å². The lowest BCUT2D eigenvalue weighted by molar-refractivity contribution is -0.115. The molecule has 110 valence electrons. The van der Waals surface area contributed by atoms with Gasteiger partial charge in [0, 0.05) is 14.9 Å². The Bertz CT molecular complexity index is 646. The first-order valence-electron chi connectivity index (χ1n) is 6.14. The lowest BCUT2D eigenvalue weighted by Crippen LogP contribution is -2.22. The first kappa shape index (κ1) is 16.5. The molecule has 2 aromatic carbocycles. The van der Waals surface area contributed by atoms with Crippen LogP contribution in [0.15, 0.2) is 47.4 Å². The zero-order valence-corrected chi connectivity index (χ0v) is 14.2. The van der Waals surface area contributed by atoms with Crippen molar-refractivity contribution in [2.45, 2.75) is 17.1 Å². The first-order valence-corrected chi connectivity index (χ1v) is 8.15. The summed E-state index contributed by atoms with van der Waals surface area (Å²) < 4.78 is 0. The average Bonchev–Trinajstić information content (AvgIpc) is 2.44. The number of carbonyl (C=O) groups is 1. The third-order valence-corrected chi connectivity index (χ3v) is 4.60. The molecule has 0 bridgehead atoms. The van der Waals surface area contributed by atoms with Crippen LogP contribution in [0, 0.1) is 0 Å². The van der Waals surface area contributed by atoms with Gasteiger partial charge in [0.25, 0.3) is 0 Å².